The number of benzene rings is 4. The van der Waals surface area contributed by atoms with Gasteiger partial charge in [0.2, 0.25) is 0 Å². The maximum atomic E-state index is 14.0. The molecule has 7 heteroatoms. The summed E-state index contributed by atoms with van der Waals surface area (Å²) in [6.07, 6.45) is 7.46. The molecule has 1 atom stereocenters. The molecule has 0 saturated carbocycles. The maximum Gasteiger partial charge on any atom is 0.266 e. The average molecular weight is 603 g/mol. The third-order valence-electron chi connectivity index (χ3n) is 6.76. The lowest BCUT2D eigenvalue weighted by Crippen LogP contribution is -2.46. The van der Waals surface area contributed by atoms with Gasteiger partial charge in [-0.1, -0.05) is 120 Å². The van der Waals surface area contributed by atoms with Gasteiger partial charge in [-0.2, -0.15) is 0 Å². The van der Waals surface area contributed by atoms with Gasteiger partial charge in [-0.05, 0) is 41.5 Å². The Bertz CT molecular complexity index is 1490. The normalized spacial score (nSPS) is 15.1. The lowest BCUT2D eigenvalue weighted by Gasteiger charge is -2.28. The Balaban J connectivity index is 0.00000387. The van der Waals surface area contributed by atoms with E-state index >= 15 is 0 Å². The molecule has 0 radical (unpaired) electrons. The van der Waals surface area contributed by atoms with Crippen LogP contribution in [0.1, 0.15) is 22.3 Å². The zero-order valence-corrected chi connectivity index (χ0v) is 24.9. The molecule has 4 aromatic carbocycles. The van der Waals surface area contributed by atoms with Crippen molar-refractivity contribution in [3.8, 4) is 0 Å². The minimum atomic E-state index is -0.725. The molecular formula is C34H30Cl3N3O. The topological polar surface area (TPSA) is 35.9 Å². The second-order valence-electron chi connectivity index (χ2n) is 9.49. The van der Waals surface area contributed by atoms with E-state index in [2.05, 4.69) is 17.1 Å². The molecule has 1 aliphatic rings. The SMILES string of the molecule is CN1C(=O)C(N(C/C=C/c2ccc(Cl)cc2)C/C=C/c2ccc(Cl)cc2)N=C(c2ccccc2)c2ccccc21.Cl. The van der Waals surface area contributed by atoms with Crippen molar-refractivity contribution in [1.29, 1.82) is 0 Å². The number of carbonyl (C=O) groups excluding carboxylic acids is 1. The first-order valence-electron chi connectivity index (χ1n) is 13.1. The molecule has 1 heterocycles. The molecule has 0 spiro atoms. The predicted molar refractivity (Wildman–Crippen MR) is 176 cm³/mol. The molecule has 0 aliphatic carbocycles. The van der Waals surface area contributed by atoms with Gasteiger partial charge in [0.1, 0.15) is 0 Å². The number of para-hydroxylation sites is 1. The van der Waals surface area contributed by atoms with E-state index in [4.69, 9.17) is 28.2 Å². The largest absolute Gasteiger partial charge is 0.312 e. The van der Waals surface area contributed by atoms with Crippen molar-refractivity contribution in [2.75, 3.05) is 25.0 Å². The van der Waals surface area contributed by atoms with Crippen molar-refractivity contribution in [2.24, 2.45) is 4.99 Å². The van der Waals surface area contributed by atoms with Crippen molar-refractivity contribution in [3.05, 3.63) is 148 Å². The van der Waals surface area contributed by atoms with Crippen molar-refractivity contribution >= 4 is 65.1 Å². The highest BCUT2D eigenvalue weighted by atomic mass is 35.5. The molecule has 0 fully saturated rings. The van der Waals surface area contributed by atoms with Crippen molar-refractivity contribution < 1.29 is 4.79 Å². The number of hydrogen-bond acceptors (Lipinski definition) is 3. The fourth-order valence-electron chi connectivity index (χ4n) is 4.64. The molecule has 0 saturated heterocycles. The molecule has 41 heavy (non-hydrogen) atoms. The molecule has 5 rings (SSSR count). The fourth-order valence-corrected chi connectivity index (χ4v) is 4.89. The minimum absolute atomic E-state index is 0. The van der Waals surface area contributed by atoms with Crippen LogP contribution in [0, 0.1) is 0 Å². The highest BCUT2D eigenvalue weighted by molar-refractivity contribution is 6.30. The number of benzodiazepines with no additional fused rings is 1. The smallest absolute Gasteiger partial charge is 0.266 e. The van der Waals surface area contributed by atoms with Gasteiger partial charge in [0.15, 0.2) is 6.17 Å². The molecule has 4 aromatic rings. The number of carbonyl (C=O) groups is 1. The van der Waals surface area contributed by atoms with E-state index in [0.717, 1.165) is 33.7 Å². The van der Waals surface area contributed by atoms with Gasteiger partial charge in [-0.3, -0.25) is 14.7 Å². The summed E-state index contributed by atoms with van der Waals surface area (Å²) in [7, 11) is 1.82. The van der Waals surface area contributed by atoms with Gasteiger partial charge in [-0.15, -0.1) is 12.4 Å². The van der Waals surface area contributed by atoms with Crippen LogP contribution in [0.3, 0.4) is 0 Å². The van der Waals surface area contributed by atoms with Crippen LogP contribution in [0.5, 0.6) is 0 Å². The zero-order chi connectivity index (χ0) is 27.9. The van der Waals surface area contributed by atoms with Gasteiger partial charge in [0.25, 0.3) is 5.91 Å². The van der Waals surface area contributed by atoms with Crippen LogP contribution >= 0.6 is 35.6 Å². The lowest BCUT2D eigenvalue weighted by molar-refractivity contribution is -0.122. The first-order valence-corrected chi connectivity index (χ1v) is 13.8. The summed E-state index contributed by atoms with van der Waals surface area (Å²) in [6, 6.07) is 33.3. The molecular weight excluding hydrogens is 573 g/mol. The fraction of sp³-hybridized carbons (Fsp3) is 0.118. The van der Waals surface area contributed by atoms with E-state index in [1.165, 1.54) is 0 Å². The summed E-state index contributed by atoms with van der Waals surface area (Å²) in [5.74, 6) is -0.0850. The Kier molecular flexibility index (Phi) is 10.6. The highest BCUT2D eigenvalue weighted by Gasteiger charge is 2.33. The van der Waals surface area contributed by atoms with Gasteiger partial charge in [0.05, 0.1) is 11.4 Å². The molecule has 208 valence electrons. The van der Waals surface area contributed by atoms with E-state index in [1.807, 2.05) is 122 Å². The molecule has 1 unspecified atom stereocenters. The number of fused-ring (bicyclic) bond motifs is 1. The monoisotopic (exact) mass is 601 g/mol. The first-order chi connectivity index (χ1) is 19.5. The van der Waals surface area contributed by atoms with Crippen LogP contribution in [-0.4, -0.2) is 42.8 Å². The van der Waals surface area contributed by atoms with Crippen molar-refractivity contribution in [1.82, 2.24) is 4.90 Å². The Hall–Kier alpha value is -3.67. The Morgan fingerprint density at radius 1 is 0.756 bits per heavy atom. The third kappa shape index (κ3) is 7.55. The summed E-state index contributed by atoms with van der Waals surface area (Å²) in [5, 5.41) is 1.39. The molecule has 1 aliphatic heterocycles. The van der Waals surface area contributed by atoms with E-state index in [0.29, 0.717) is 23.1 Å². The number of hydrogen-bond donors (Lipinski definition) is 0. The van der Waals surface area contributed by atoms with Gasteiger partial charge < -0.3 is 4.90 Å². The summed E-state index contributed by atoms with van der Waals surface area (Å²) in [6.45, 7) is 1.03. The summed E-state index contributed by atoms with van der Waals surface area (Å²) < 4.78 is 0. The van der Waals surface area contributed by atoms with Crippen LogP contribution < -0.4 is 4.90 Å². The second-order valence-corrected chi connectivity index (χ2v) is 10.4. The average Bonchev–Trinajstić information content (AvgIpc) is 3.09. The summed E-state index contributed by atoms with van der Waals surface area (Å²) in [5.41, 5.74) is 5.60. The zero-order valence-electron chi connectivity index (χ0n) is 22.5. The highest BCUT2D eigenvalue weighted by Crippen LogP contribution is 2.28. The number of likely N-dealkylation sites (N-methyl/N-ethyl adjacent to an activating group) is 1. The molecule has 0 aromatic heterocycles. The maximum absolute atomic E-state index is 14.0. The van der Waals surface area contributed by atoms with Crippen LogP contribution in [-0.2, 0) is 4.79 Å². The van der Waals surface area contributed by atoms with Crippen molar-refractivity contribution in [3.63, 3.8) is 0 Å². The van der Waals surface area contributed by atoms with Gasteiger partial charge in [-0.25, -0.2) is 0 Å². The number of nitrogens with zero attached hydrogens (tertiary/aromatic N) is 3. The van der Waals surface area contributed by atoms with Gasteiger partial charge in [0, 0.05) is 41.3 Å². The Morgan fingerprint density at radius 3 is 1.83 bits per heavy atom. The quantitative estimate of drug-likeness (QED) is 0.203. The van der Waals surface area contributed by atoms with Crippen LogP contribution in [0.25, 0.3) is 12.2 Å². The van der Waals surface area contributed by atoms with Crippen molar-refractivity contribution in [2.45, 2.75) is 6.17 Å². The Morgan fingerprint density at radius 2 is 1.27 bits per heavy atom. The Labute approximate surface area is 257 Å². The summed E-state index contributed by atoms with van der Waals surface area (Å²) >= 11 is 12.1. The third-order valence-corrected chi connectivity index (χ3v) is 7.26. The predicted octanol–water partition coefficient (Wildman–Crippen LogP) is 8.28. The first kappa shape index (κ1) is 30.3. The number of anilines is 1. The molecule has 0 N–H and O–H groups in total. The van der Waals surface area contributed by atoms with Crippen LogP contribution in [0.2, 0.25) is 10.0 Å². The molecule has 0 bridgehead atoms. The van der Waals surface area contributed by atoms with E-state index in [-0.39, 0.29) is 18.3 Å². The minimum Gasteiger partial charge on any atom is -0.312 e. The van der Waals surface area contributed by atoms with Crippen LogP contribution in [0.4, 0.5) is 5.69 Å². The lowest BCUT2D eigenvalue weighted by atomic mass is 10.0. The van der Waals surface area contributed by atoms with E-state index in [9.17, 15) is 4.79 Å². The molecule has 4 nitrogen and oxygen atoms in total. The van der Waals surface area contributed by atoms with Gasteiger partial charge >= 0.3 is 0 Å². The number of aliphatic imine (C=N–C) groups is 1. The number of amides is 1. The standard InChI is InChI=1S/C34H29Cl2N3O.ClH/c1-38-31-14-6-5-13-30(31)32(27-11-3-2-4-12-27)37-33(34(38)40)39(23-7-9-25-15-19-28(35)20-16-25)24-8-10-26-17-21-29(36)22-18-26;/h2-22,33H,23-24H2,1H3;1H/b9-7+,10-8+;. The van der Waals surface area contributed by atoms with E-state index < -0.39 is 6.17 Å². The summed E-state index contributed by atoms with van der Waals surface area (Å²) in [4.78, 5) is 22.9. The number of halogens is 3. The molecule has 1 amide bonds. The second kappa shape index (κ2) is 14.3. The van der Waals surface area contributed by atoms with Crippen LogP contribution in [0.15, 0.2) is 120 Å². The number of rotatable bonds is 8. The van der Waals surface area contributed by atoms with E-state index in [1.54, 1.807) is 4.90 Å².